The minimum atomic E-state index is -4.38. The Kier molecular flexibility index (Phi) is 5.52. The van der Waals surface area contributed by atoms with E-state index in [9.17, 15) is 23.1 Å². The van der Waals surface area contributed by atoms with E-state index in [0.29, 0.717) is 62.1 Å². The Hall–Kier alpha value is -1.67. The van der Waals surface area contributed by atoms with Crippen molar-refractivity contribution >= 4 is 11.6 Å². The van der Waals surface area contributed by atoms with Gasteiger partial charge in [0.2, 0.25) is 0 Å². The summed E-state index contributed by atoms with van der Waals surface area (Å²) in [6, 6.07) is 2.34. The summed E-state index contributed by atoms with van der Waals surface area (Å²) in [7, 11) is 0. The number of hydrogen-bond donors (Lipinski definition) is 1. The highest BCUT2D eigenvalue weighted by Crippen LogP contribution is 2.59. The van der Waals surface area contributed by atoms with Crippen LogP contribution in [0.5, 0.6) is 0 Å². The van der Waals surface area contributed by atoms with Crippen molar-refractivity contribution in [2.45, 2.75) is 63.3 Å². The fraction of sp³-hybridized carbons (Fsp3) is 0.750. The van der Waals surface area contributed by atoms with E-state index < -0.39 is 17.3 Å². The number of nitrogens with zero attached hydrogens (tertiary/aromatic N) is 3. The molecule has 2 heterocycles. The molecule has 6 rings (SSSR count). The number of ketones is 1. The van der Waals surface area contributed by atoms with Crippen LogP contribution in [0.15, 0.2) is 18.3 Å². The van der Waals surface area contributed by atoms with Crippen molar-refractivity contribution < 1.29 is 23.1 Å². The van der Waals surface area contributed by atoms with Crippen LogP contribution >= 0.6 is 0 Å². The number of pyridine rings is 1. The van der Waals surface area contributed by atoms with E-state index in [1.165, 1.54) is 18.9 Å². The van der Waals surface area contributed by atoms with Gasteiger partial charge < -0.3 is 10.0 Å². The predicted octanol–water partition coefficient (Wildman–Crippen LogP) is 3.76. The molecule has 5 fully saturated rings. The average molecular weight is 452 g/mol. The van der Waals surface area contributed by atoms with Gasteiger partial charge in [-0.15, -0.1) is 0 Å². The molecule has 4 aliphatic carbocycles. The fourth-order valence-corrected chi connectivity index (χ4v) is 7.11. The van der Waals surface area contributed by atoms with Crippen molar-refractivity contribution in [1.29, 1.82) is 0 Å². The van der Waals surface area contributed by atoms with Crippen molar-refractivity contribution in [1.82, 2.24) is 9.88 Å². The lowest BCUT2D eigenvalue weighted by atomic mass is 9.49. The van der Waals surface area contributed by atoms with E-state index >= 15 is 0 Å². The lowest BCUT2D eigenvalue weighted by molar-refractivity contribution is -0.158. The van der Waals surface area contributed by atoms with Gasteiger partial charge in [0.05, 0.1) is 17.2 Å². The molecule has 1 aromatic rings. The molecule has 4 saturated carbocycles. The smallest absolute Gasteiger partial charge is 0.390 e. The summed E-state index contributed by atoms with van der Waals surface area (Å²) in [5.74, 6) is 2.88. The first-order chi connectivity index (χ1) is 15.1. The molecular formula is C24H32F3N3O2. The number of hydrogen-bond acceptors (Lipinski definition) is 5. The maximum absolute atomic E-state index is 13.2. The zero-order valence-corrected chi connectivity index (χ0v) is 18.5. The minimum Gasteiger partial charge on any atom is -0.390 e. The molecule has 0 radical (unpaired) electrons. The summed E-state index contributed by atoms with van der Waals surface area (Å²) in [5.41, 5.74) is -1.21. The third-order valence-electron chi connectivity index (χ3n) is 8.60. The minimum absolute atomic E-state index is 0.155. The Morgan fingerprint density at radius 2 is 1.81 bits per heavy atom. The summed E-state index contributed by atoms with van der Waals surface area (Å²) in [6.07, 6.45) is 2.14. The summed E-state index contributed by atoms with van der Waals surface area (Å²) in [5, 5.41) is 10.8. The molecule has 1 aromatic heterocycles. The molecule has 0 aromatic carbocycles. The second-order valence-electron chi connectivity index (χ2n) is 10.6. The van der Waals surface area contributed by atoms with Gasteiger partial charge in [0.1, 0.15) is 11.6 Å². The SMILES string of the molecule is CC(C(=O)CC1C2CC3CC1CC(O)(C3)C2)N1CCN(c2ccc(C(F)(F)F)cn2)CC1. The Morgan fingerprint density at radius 1 is 1.16 bits per heavy atom. The molecular weight excluding hydrogens is 419 g/mol. The summed E-state index contributed by atoms with van der Waals surface area (Å²) in [6.45, 7) is 4.64. The van der Waals surface area contributed by atoms with E-state index in [0.717, 1.165) is 31.5 Å². The molecule has 5 aliphatic rings. The second-order valence-corrected chi connectivity index (χ2v) is 10.6. The van der Waals surface area contributed by atoms with Gasteiger partial charge in [-0.3, -0.25) is 9.69 Å². The molecule has 32 heavy (non-hydrogen) atoms. The standard InChI is InChI=1S/C24H32F3N3O2/c1-15(21(31)10-20-17-8-16-9-18(20)13-23(32,11-16)12-17)29-4-6-30(7-5-29)22-3-2-19(14-28-22)24(25,26)27/h2-3,14-18,20,32H,4-13H2,1H3. The number of alkyl halides is 3. The Labute approximate surface area is 187 Å². The van der Waals surface area contributed by atoms with Crippen LogP contribution in [0.4, 0.5) is 19.0 Å². The maximum atomic E-state index is 13.2. The number of carbonyl (C=O) groups is 1. The third kappa shape index (κ3) is 4.16. The number of carbonyl (C=O) groups excluding carboxylic acids is 1. The van der Waals surface area contributed by atoms with E-state index in [1.807, 2.05) is 11.8 Å². The van der Waals surface area contributed by atoms with Crippen LogP contribution in [0.3, 0.4) is 0 Å². The number of aliphatic hydroxyl groups is 1. The molecule has 1 N–H and O–H groups in total. The third-order valence-corrected chi connectivity index (χ3v) is 8.60. The fourth-order valence-electron chi connectivity index (χ4n) is 7.11. The van der Waals surface area contributed by atoms with Gasteiger partial charge in [-0.2, -0.15) is 13.2 Å². The van der Waals surface area contributed by atoms with Crippen molar-refractivity contribution in [3.8, 4) is 0 Å². The highest BCUT2D eigenvalue weighted by molar-refractivity contribution is 5.84. The molecule has 176 valence electrons. The van der Waals surface area contributed by atoms with Crippen molar-refractivity contribution in [3.05, 3.63) is 23.9 Å². The number of Topliss-reactive ketones (excluding diaryl/α,β-unsaturated/α-hetero) is 1. The molecule has 4 bridgehead atoms. The van der Waals surface area contributed by atoms with Gasteiger partial charge in [0.25, 0.3) is 0 Å². The van der Waals surface area contributed by atoms with Gasteiger partial charge in [0, 0.05) is 38.8 Å². The van der Waals surface area contributed by atoms with E-state index in [2.05, 4.69) is 9.88 Å². The monoisotopic (exact) mass is 451 g/mol. The quantitative estimate of drug-likeness (QED) is 0.739. The highest BCUT2D eigenvalue weighted by atomic mass is 19.4. The summed E-state index contributed by atoms with van der Waals surface area (Å²) in [4.78, 5) is 21.3. The molecule has 3 atom stereocenters. The number of rotatable bonds is 5. The topological polar surface area (TPSA) is 56.7 Å². The van der Waals surface area contributed by atoms with Crippen molar-refractivity contribution in [3.63, 3.8) is 0 Å². The Balaban J connectivity index is 1.14. The van der Waals surface area contributed by atoms with Crippen LogP contribution in [0.25, 0.3) is 0 Å². The lowest BCUT2D eigenvalue weighted by Crippen LogP contribution is -2.56. The second kappa shape index (κ2) is 7.97. The predicted molar refractivity (Wildman–Crippen MR) is 114 cm³/mol. The van der Waals surface area contributed by atoms with Crippen LogP contribution in [0, 0.1) is 23.7 Å². The van der Waals surface area contributed by atoms with Crippen LogP contribution in [-0.2, 0) is 11.0 Å². The molecule has 0 amide bonds. The van der Waals surface area contributed by atoms with E-state index in [-0.39, 0.29) is 11.8 Å². The van der Waals surface area contributed by atoms with Gasteiger partial charge >= 0.3 is 6.18 Å². The Bertz CT molecular complexity index is 835. The number of halogens is 3. The molecule has 5 nitrogen and oxygen atoms in total. The average Bonchev–Trinajstić information content (AvgIpc) is 2.74. The van der Waals surface area contributed by atoms with Crippen LogP contribution in [0.1, 0.15) is 51.0 Å². The highest BCUT2D eigenvalue weighted by Gasteiger charge is 2.55. The molecule has 8 heteroatoms. The van der Waals surface area contributed by atoms with Crippen LogP contribution in [0.2, 0.25) is 0 Å². The van der Waals surface area contributed by atoms with Gasteiger partial charge in [0.15, 0.2) is 0 Å². The van der Waals surface area contributed by atoms with Crippen LogP contribution < -0.4 is 4.90 Å². The zero-order valence-electron chi connectivity index (χ0n) is 18.5. The first kappa shape index (κ1) is 22.1. The zero-order chi connectivity index (χ0) is 22.7. The molecule has 1 saturated heterocycles. The van der Waals surface area contributed by atoms with Gasteiger partial charge in [-0.1, -0.05) is 0 Å². The summed E-state index contributed by atoms with van der Waals surface area (Å²) >= 11 is 0. The first-order valence-electron chi connectivity index (χ1n) is 11.9. The molecule has 1 aliphatic heterocycles. The van der Waals surface area contributed by atoms with Crippen molar-refractivity contribution in [2.75, 3.05) is 31.1 Å². The number of aromatic nitrogens is 1. The largest absolute Gasteiger partial charge is 0.417 e. The normalized spacial score (nSPS) is 35.8. The maximum Gasteiger partial charge on any atom is 0.417 e. The number of anilines is 1. The molecule has 3 unspecified atom stereocenters. The van der Waals surface area contributed by atoms with Gasteiger partial charge in [-0.25, -0.2) is 4.98 Å². The number of piperazine rings is 1. The van der Waals surface area contributed by atoms with Gasteiger partial charge in [-0.05, 0) is 74.8 Å². The first-order valence-corrected chi connectivity index (χ1v) is 11.9. The van der Waals surface area contributed by atoms with Crippen molar-refractivity contribution in [2.24, 2.45) is 23.7 Å². The van der Waals surface area contributed by atoms with Crippen LogP contribution in [-0.4, -0.2) is 58.6 Å². The van der Waals surface area contributed by atoms with E-state index in [1.54, 1.807) is 0 Å². The van der Waals surface area contributed by atoms with E-state index in [4.69, 9.17) is 0 Å². The Morgan fingerprint density at radius 3 is 2.34 bits per heavy atom. The lowest BCUT2D eigenvalue weighted by Gasteiger charge is -2.58. The summed E-state index contributed by atoms with van der Waals surface area (Å²) < 4.78 is 38.3. The molecule has 0 spiro atoms.